The summed E-state index contributed by atoms with van der Waals surface area (Å²) in [6, 6.07) is 1.97. The van der Waals surface area contributed by atoms with Crippen LogP contribution in [-0.2, 0) is 4.79 Å². The van der Waals surface area contributed by atoms with E-state index in [9.17, 15) is 4.79 Å². The van der Waals surface area contributed by atoms with Gasteiger partial charge in [-0.2, -0.15) is 0 Å². The Kier molecular flexibility index (Phi) is 6.66. The molecule has 5 heteroatoms. The molecule has 1 heterocycles. The first-order valence-electron chi connectivity index (χ1n) is 9.76. The zero-order valence-corrected chi connectivity index (χ0v) is 17.8. The molecular weight excluding hydrogens is 408 g/mol. The normalized spacial score (nSPS) is 27.5. The molecule has 2 nitrogen and oxygen atoms in total. The summed E-state index contributed by atoms with van der Waals surface area (Å²) >= 11 is 9.76. The first kappa shape index (κ1) is 20.1. The van der Waals surface area contributed by atoms with Crippen LogP contribution in [0.15, 0.2) is 16.7 Å². The highest BCUT2D eigenvalue weighted by Crippen LogP contribution is 2.53. The number of Topliss-reactive ketones (excluding diaryl/α,β-unsaturated/α-hetero) is 1. The number of pyridine rings is 1. The molecule has 0 spiro atoms. The van der Waals surface area contributed by atoms with E-state index < -0.39 is 0 Å². The SMILES string of the molecule is [B]C1(C2CCC(=O)/C(Br)=C(/C)c3cnc(Cl)cc32)CCCCCCCC1. The largest absolute Gasteiger partial charge is 0.294 e. The third-order valence-electron chi connectivity index (χ3n) is 6.14. The van der Waals surface area contributed by atoms with Gasteiger partial charge < -0.3 is 0 Å². The van der Waals surface area contributed by atoms with Crippen molar-refractivity contribution in [2.24, 2.45) is 0 Å². The molecule has 0 amide bonds. The Bertz CT molecular complexity index is 708. The Hall–Kier alpha value is -0.605. The Morgan fingerprint density at radius 1 is 1.19 bits per heavy atom. The molecule has 26 heavy (non-hydrogen) atoms. The Labute approximate surface area is 171 Å². The number of hydrogen-bond donors (Lipinski definition) is 0. The van der Waals surface area contributed by atoms with E-state index in [-0.39, 0.29) is 17.0 Å². The van der Waals surface area contributed by atoms with E-state index >= 15 is 0 Å². The summed E-state index contributed by atoms with van der Waals surface area (Å²) in [5, 5.41) is 0.213. The molecule has 2 aliphatic carbocycles. The predicted molar refractivity (Wildman–Crippen MR) is 113 cm³/mol. The molecule has 0 saturated heterocycles. The average molecular weight is 435 g/mol. The zero-order chi connectivity index (χ0) is 18.7. The predicted octanol–water partition coefficient (Wildman–Crippen LogP) is 6.77. The highest BCUT2D eigenvalue weighted by molar-refractivity contribution is 9.12. The Morgan fingerprint density at radius 3 is 2.46 bits per heavy atom. The first-order chi connectivity index (χ1) is 12.4. The molecule has 1 aromatic heterocycles. The number of halogens is 2. The van der Waals surface area contributed by atoms with E-state index in [1.54, 1.807) is 6.20 Å². The van der Waals surface area contributed by atoms with Gasteiger partial charge in [-0.05, 0) is 52.4 Å². The molecule has 2 aliphatic rings. The van der Waals surface area contributed by atoms with Crippen molar-refractivity contribution in [1.82, 2.24) is 4.98 Å². The van der Waals surface area contributed by atoms with Crippen molar-refractivity contribution < 1.29 is 4.79 Å². The average Bonchev–Trinajstić information content (AvgIpc) is 2.72. The fraction of sp³-hybridized carbons (Fsp3) is 0.619. The van der Waals surface area contributed by atoms with Crippen LogP contribution in [-0.4, -0.2) is 18.6 Å². The molecule has 0 bridgehead atoms. The van der Waals surface area contributed by atoms with E-state index in [0.29, 0.717) is 16.1 Å². The van der Waals surface area contributed by atoms with Gasteiger partial charge in [0, 0.05) is 18.2 Å². The minimum atomic E-state index is -0.284. The lowest BCUT2D eigenvalue weighted by molar-refractivity contribution is -0.115. The molecule has 1 saturated carbocycles. The third-order valence-corrected chi connectivity index (χ3v) is 7.39. The molecule has 1 aromatic rings. The van der Waals surface area contributed by atoms with Gasteiger partial charge in [-0.25, -0.2) is 4.98 Å². The van der Waals surface area contributed by atoms with Crippen molar-refractivity contribution in [2.45, 2.75) is 82.4 Å². The summed E-state index contributed by atoms with van der Waals surface area (Å²) < 4.78 is 0.655. The quantitative estimate of drug-likeness (QED) is 0.361. The summed E-state index contributed by atoms with van der Waals surface area (Å²) in [6.45, 7) is 1.98. The summed E-state index contributed by atoms with van der Waals surface area (Å²) in [6.07, 6.45) is 12.5. The van der Waals surface area contributed by atoms with Crippen LogP contribution >= 0.6 is 27.5 Å². The third kappa shape index (κ3) is 4.27. The van der Waals surface area contributed by atoms with Crippen LogP contribution in [0.1, 0.15) is 88.2 Å². The molecule has 0 aromatic carbocycles. The van der Waals surface area contributed by atoms with Crippen molar-refractivity contribution in [3.63, 3.8) is 0 Å². The molecular formula is C21H26BBrClNO. The van der Waals surface area contributed by atoms with Gasteiger partial charge in [0.15, 0.2) is 5.78 Å². The summed E-state index contributed by atoms with van der Waals surface area (Å²) in [5.41, 5.74) is 3.10. The number of fused-ring (bicyclic) bond motifs is 1. The van der Waals surface area contributed by atoms with E-state index in [2.05, 4.69) is 20.9 Å². The maximum atomic E-state index is 12.6. The maximum absolute atomic E-state index is 12.6. The van der Waals surface area contributed by atoms with E-state index in [1.807, 2.05) is 13.0 Å². The fourth-order valence-corrected chi connectivity index (χ4v) is 5.18. The second kappa shape index (κ2) is 8.60. The summed E-state index contributed by atoms with van der Waals surface area (Å²) in [5.74, 6) is 0.287. The lowest BCUT2D eigenvalue weighted by atomic mass is 9.52. The fourth-order valence-electron chi connectivity index (χ4n) is 4.60. The van der Waals surface area contributed by atoms with Crippen molar-refractivity contribution in [1.29, 1.82) is 0 Å². The van der Waals surface area contributed by atoms with Gasteiger partial charge in [-0.15, -0.1) is 0 Å². The topological polar surface area (TPSA) is 30.0 Å². The number of allylic oxidation sites excluding steroid dienone is 2. The number of nitrogens with zero attached hydrogens (tertiary/aromatic N) is 1. The van der Waals surface area contributed by atoms with Gasteiger partial charge in [-0.3, -0.25) is 4.79 Å². The maximum Gasteiger partial charge on any atom is 0.170 e. The van der Waals surface area contributed by atoms with Crippen LogP contribution in [0, 0.1) is 0 Å². The molecule has 0 aliphatic heterocycles. The Balaban J connectivity index is 2.08. The molecule has 0 N–H and O–H groups in total. The van der Waals surface area contributed by atoms with Gasteiger partial charge in [0.2, 0.25) is 0 Å². The van der Waals surface area contributed by atoms with Crippen molar-refractivity contribution in [3.05, 3.63) is 33.0 Å². The van der Waals surface area contributed by atoms with Crippen LogP contribution in [0.3, 0.4) is 0 Å². The Morgan fingerprint density at radius 2 is 1.81 bits per heavy atom. The number of rotatable bonds is 1. The van der Waals surface area contributed by atoms with Crippen LogP contribution in [0.4, 0.5) is 0 Å². The van der Waals surface area contributed by atoms with Crippen molar-refractivity contribution >= 4 is 46.7 Å². The summed E-state index contributed by atoms with van der Waals surface area (Å²) in [4.78, 5) is 16.9. The molecule has 2 radical (unpaired) electrons. The zero-order valence-electron chi connectivity index (χ0n) is 15.5. The van der Waals surface area contributed by atoms with E-state index in [0.717, 1.165) is 48.8 Å². The van der Waals surface area contributed by atoms with Crippen molar-refractivity contribution in [3.8, 4) is 0 Å². The van der Waals surface area contributed by atoms with Gasteiger partial charge in [0.05, 0.1) is 12.3 Å². The highest BCUT2D eigenvalue weighted by Gasteiger charge is 2.37. The van der Waals surface area contributed by atoms with Gasteiger partial charge >= 0.3 is 0 Å². The van der Waals surface area contributed by atoms with Crippen LogP contribution in [0.25, 0.3) is 5.57 Å². The monoisotopic (exact) mass is 433 g/mol. The van der Waals surface area contributed by atoms with Gasteiger partial charge in [0.1, 0.15) is 5.15 Å². The first-order valence-corrected chi connectivity index (χ1v) is 10.9. The second-order valence-electron chi connectivity index (χ2n) is 7.90. The van der Waals surface area contributed by atoms with Crippen LogP contribution < -0.4 is 0 Å². The standard InChI is InChI=1S/C21H26BBrClNO/c1-14-16-13-25-19(24)12-15(16)17(8-9-18(26)20(14)23)21(22)10-6-4-2-3-5-7-11-21/h12-13,17H,2-11H2,1H3/b20-14+. The van der Waals surface area contributed by atoms with E-state index in [4.69, 9.17) is 19.4 Å². The molecule has 1 fully saturated rings. The molecule has 138 valence electrons. The number of aromatic nitrogens is 1. The summed E-state index contributed by atoms with van der Waals surface area (Å²) in [7, 11) is 7.08. The number of carbonyl (C=O) groups excluding carboxylic acids is 1. The molecule has 3 rings (SSSR count). The number of ketones is 1. The molecule has 1 unspecified atom stereocenters. The highest BCUT2D eigenvalue weighted by atomic mass is 79.9. The minimum Gasteiger partial charge on any atom is -0.294 e. The van der Waals surface area contributed by atoms with E-state index in [1.165, 1.54) is 25.7 Å². The number of hydrogen-bond acceptors (Lipinski definition) is 2. The smallest absolute Gasteiger partial charge is 0.170 e. The lowest BCUT2D eigenvalue weighted by Crippen LogP contribution is -2.26. The van der Waals surface area contributed by atoms with Crippen LogP contribution in [0.2, 0.25) is 10.5 Å². The van der Waals surface area contributed by atoms with Crippen LogP contribution in [0.5, 0.6) is 0 Å². The van der Waals surface area contributed by atoms with Crippen molar-refractivity contribution in [2.75, 3.05) is 0 Å². The van der Waals surface area contributed by atoms with Gasteiger partial charge in [-0.1, -0.05) is 68.3 Å². The number of carbonyl (C=O) groups is 1. The lowest BCUT2D eigenvalue weighted by Gasteiger charge is -2.41. The van der Waals surface area contributed by atoms with Gasteiger partial charge in [0.25, 0.3) is 0 Å². The second-order valence-corrected chi connectivity index (χ2v) is 9.08. The minimum absolute atomic E-state index is 0.135. The molecule has 1 atom stereocenters.